The lowest BCUT2D eigenvalue weighted by molar-refractivity contribution is 0.0989. The van der Waals surface area contributed by atoms with Crippen molar-refractivity contribution in [1.82, 2.24) is 9.55 Å². The molecule has 0 aliphatic heterocycles. The molecule has 0 fully saturated rings. The van der Waals surface area contributed by atoms with Crippen molar-refractivity contribution in [1.29, 1.82) is 0 Å². The minimum absolute atomic E-state index is 0.0463. The number of aromatic nitrogens is 2. The fraction of sp³-hybridized carbons (Fsp3) is 0. The van der Waals surface area contributed by atoms with Crippen molar-refractivity contribution in [2.24, 2.45) is 5.73 Å². The molecule has 0 aliphatic carbocycles. The molecule has 0 atom stereocenters. The Kier molecular flexibility index (Phi) is 1.49. The highest BCUT2D eigenvalue weighted by Gasteiger charge is 2.05. The van der Waals surface area contributed by atoms with Gasteiger partial charge in [0.05, 0.1) is 0 Å². The van der Waals surface area contributed by atoms with E-state index >= 15 is 0 Å². The Labute approximate surface area is 56.5 Å². The van der Waals surface area contributed by atoms with Gasteiger partial charge < -0.3 is 5.73 Å². The molecule has 1 rings (SSSR count). The second kappa shape index (κ2) is 2.30. The van der Waals surface area contributed by atoms with Crippen LogP contribution >= 0.6 is 0 Å². The zero-order chi connectivity index (χ0) is 7.56. The summed E-state index contributed by atoms with van der Waals surface area (Å²) < 4.78 is 1.02. The number of hydrogen-bond acceptors (Lipinski definition) is 3. The summed E-state index contributed by atoms with van der Waals surface area (Å²) in [4.78, 5) is 24.1. The first-order valence-corrected chi connectivity index (χ1v) is 2.53. The summed E-state index contributed by atoms with van der Waals surface area (Å²) >= 11 is 0. The van der Waals surface area contributed by atoms with Gasteiger partial charge in [0.15, 0.2) is 0 Å². The third kappa shape index (κ3) is 0.883. The third-order valence-corrected chi connectivity index (χ3v) is 1.00. The van der Waals surface area contributed by atoms with Gasteiger partial charge in [-0.05, 0) is 0 Å². The molecule has 2 N–H and O–H groups in total. The Morgan fingerprint density at radius 3 is 2.90 bits per heavy atom. The summed E-state index contributed by atoms with van der Waals surface area (Å²) in [5.41, 5.74) is 4.85. The molecule has 0 unspecified atom stereocenters. The van der Waals surface area contributed by atoms with Crippen molar-refractivity contribution in [3.63, 3.8) is 0 Å². The van der Waals surface area contributed by atoms with Crippen molar-refractivity contribution in [3.8, 4) is 0 Å². The van der Waals surface area contributed by atoms with Crippen LogP contribution in [0.15, 0.2) is 12.4 Å². The topological polar surface area (TPSA) is 78.0 Å². The number of primary amides is 1. The second-order valence-electron chi connectivity index (χ2n) is 1.63. The standard InChI is InChI=1S/C5H5N3O2/c6-4(10)5-7-1-2-8(5)3-9/h1-3H,(H2,6,10). The highest BCUT2D eigenvalue weighted by atomic mass is 16.2. The van der Waals surface area contributed by atoms with Crippen LogP contribution in [0.2, 0.25) is 0 Å². The van der Waals surface area contributed by atoms with Gasteiger partial charge >= 0.3 is 0 Å². The average Bonchev–Trinajstić information content (AvgIpc) is 2.33. The maximum Gasteiger partial charge on any atom is 0.285 e. The van der Waals surface area contributed by atoms with E-state index < -0.39 is 5.91 Å². The van der Waals surface area contributed by atoms with Crippen molar-refractivity contribution in [2.75, 3.05) is 0 Å². The Balaban J connectivity index is 3.13. The summed E-state index contributed by atoms with van der Waals surface area (Å²) in [6.07, 6.45) is 3.15. The quantitative estimate of drug-likeness (QED) is 0.535. The van der Waals surface area contributed by atoms with Gasteiger partial charge in [0.2, 0.25) is 12.2 Å². The molecule has 5 nitrogen and oxygen atoms in total. The number of carbonyl (C=O) groups excluding carboxylic acids is 2. The number of carbonyl (C=O) groups is 2. The number of nitrogens with two attached hydrogens (primary N) is 1. The molecule has 0 aromatic carbocycles. The molecule has 10 heavy (non-hydrogen) atoms. The van der Waals surface area contributed by atoms with E-state index in [9.17, 15) is 9.59 Å². The average molecular weight is 139 g/mol. The number of amides is 1. The minimum Gasteiger partial charge on any atom is -0.363 e. The number of nitrogens with zero attached hydrogens (tertiary/aromatic N) is 2. The third-order valence-electron chi connectivity index (χ3n) is 1.00. The fourth-order valence-corrected chi connectivity index (χ4v) is 0.589. The number of hydrogen-bond donors (Lipinski definition) is 1. The SMILES string of the molecule is NC(=O)c1nccn1C=O. The minimum atomic E-state index is -0.711. The molecule has 0 saturated heterocycles. The normalized spacial score (nSPS) is 9.20. The molecule has 0 bridgehead atoms. The molecule has 52 valence electrons. The zero-order valence-corrected chi connectivity index (χ0v) is 5.02. The molecule has 0 aliphatic rings. The molecule has 1 heterocycles. The van der Waals surface area contributed by atoms with E-state index in [0.29, 0.717) is 6.41 Å². The van der Waals surface area contributed by atoms with Gasteiger partial charge in [-0.2, -0.15) is 0 Å². The first-order valence-electron chi connectivity index (χ1n) is 2.53. The predicted molar refractivity (Wildman–Crippen MR) is 32.9 cm³/mol. The highest BCUT2D eigenvalue weighted by molar-refractivity contribution is 5.91. The van der Waals surface area contributed by atoms with Crippen LogP contribution in [-0.2, 0) is 4.79 Å². The van der Waals surface area contributed by atoms with Gasteiger partial charge in [0.1, 0.15) is 0 Å². The van der Waals surface area contributed by atoms with Crippen LogP contribution in [0.5, 0.6) is 0 Å². The van der Waals surface area contributed by atoms with E-state index in [0.717, 1.165) is 4.57 Å². The van der Waals surface area contributed by atoms with Gasteiger partial charge in [-0.1, -0.05) is 0 Å². The van der Waals surface area contributed by atoms with E-state index in [1.807, 2.05) is 0 Å². The van der Waals surface area contributed by atoms with Crippen LogP contribution in [-0.4, -0.2) is 21.9 Å². The van der Waals surface area contributed by atoms with Gasteiger partial charge in [0.25, 0.3) is 5.91 Å². The van der Waals surface area contributed by atoms with Crippen LogP contribution in [0.25, 0.3) is 0 Å². The molecule has 1 amide bonds. The van der Waals surface area contributed by atoms with Crippen LogP contribution in [0.3, 0.4) is 0 Å². The summed E-state index contributed by atoms with van der Waals surface area (Å²) in [5.74, 6) is -0.757. The lowest BCUT2D eigenvalue weighted by Crippen LogP contribution is -2.17. The number of rotatable bonds is 2. The molecule has 1 aromatic heterocycles. The lowest BCUT2D eigenvalue weighted by Gasteiger charge is -1.90. The molecule has 1 aromatic rings. The summed E-state index contributed by atoms with van der Waals surface area (Å²) in [6, 6.07) is 0. The highest BCUT2D eigenvalue weighted by Crippen LogP contribution is 1.90. The fourth-order valence-electron chi connectivity index (χ4n) is 0.589. The van der Waals surface area contributed by atoms with Gasteiger partial charge in [-0.25, -0.2) is 4.98 Å². The van der Waals surface area contributed by atoms with Crippen LogP contribution < -0.4 is 5.73 Å². The largest absolute Gasteiger partial charge is 0.363 e. The van der Waals surface area contributed by atoms with Gasteiger partial charge in [0, 0.05) is 12.4 Å². The maximum absolute atomic E-state index is 10.4. The summed E-state index contributed by atoms with van der Waals surface area (Å²) in [5, 5.41) is 0. The molecular weight excluding hydrogens is 134 g/mol. The summed E-state index contributed by atoms with van der Waals surface area (Å²) in [6.45, 7) is 0. The zero-order valence-electron chi connectivity index (χ0n) is 5.02. The molecule has 5 heteroatoms. The van der Waals surface area contributed by atoms with E-state index in [1.165, 1.54) is 12.4 Å². The van der Waals surface area contributed by atoms with Gasteiger partial charge in [-0.3, -0.25) is 14.2 Å². The van der Waals surface area contributed by atoms with Crippen LogP contribution in [0, 0.1) is 0 Å². The number of imidazole rings is 1. The molecule has 0 spiro atoms. The van der Waals surface area contributed by atoms with E-state index in [1.54, 1.807) is 0 Å². The van der Waals surface area contributed by atoms with Crippen molar-refractivity contribution >= 4 is 12.3 Å². The van der Waals surface area contributed by atoms with E-state index in [2.05, 4.69) is 4.98 Å². The maximum atomic E-state index is 10.4. The van der Waals surface area contributed by atoms with Crippen molar-refractivity contribution in [3.05, 3.63) is 18.2 Å². The van der Waals surface area contributed by atoms with Crippen molar-refractivity contribution < 1.29 is 9.59 Å². The Hall–Kier alpha value is -1.65. The van der Waals surface area contributed by atoms with Crippen molar-refractivity contribution in [2.45, 2.75) is 0 Å². The predicted octanol–water partition coefficient (Wildman–Crippen LogP) is -0.980. The molecule has 0 saturated carbocycles. The molecule has 0 radical (unpaired) electrons. The van der Waals surface area contributed by atoms with Crippen LogP contribution in [0.1, 0.15) is 10.6 Å². The van der Waals surface area contributed by atoms with Gasteiger partial charge in [-0.15, -0.1) is 0 Å². The van der Waals surface area contributed by atoms with Crippen LogP contribution in [0.4, 0.5) is 0 Å². The Bertz CT molecular complexity index is 266. The van der Waals surface area contributed by atoms with E-state index in [-0.39, 0.29) is 5.82 Å². The monoisotopic (exact) mass is 139 g/mol. The molecular formula is C5H5N3O2. The summed E-state index contributed by atoms with van der Waals surface area (Å²) in [7, 11) is 0. The first kappa shape index (κ1) is 6.47. The Morgan fingerprint density at radius 2 is 2.50 bits per heavy atom. The first-order chi connectivity index (χ1) is 4.75. The lowest BCUT2D eigenvalue weighted by atomic mass is 10.6. The second-order valence-corrected chi connectivity index (χ2v) is 1.63. The smallest absolute Gasteiger partial charge is 0.285 e. The Morgan fingerprint density at radius 1 is 1.80 bits per heavy atom. The van der Waals surface area contributed by atoms with E-state index in [4.69, 9.17) is 5.73 Å².